The number of likely N-dealkylation sites (N-methyl/N-ethyl adjacent to an activating group) is 1. The zero-order valence-corrected chi connectivity index (χ0v) is 23.0. The first kappa shape index (κ1) is 25.7. The minimum Gasteiger partial charge on any atom is -0.507 e. The van der Waals surface area contributed by atoms with E-state index in [1.54, 1.807) is 53.8 Å². The van der Waals surface area contributed by atoms with Crippen LogP contribution in [-0.2, 0) is 4.79 Å². The predicted molar refractivity (Wildman–Crippen MR) is 155 cm³/mol. The first-order valence-corrected chi connectivity index (χ1v) is 13.6. The van der Waals surface area contributed by atoms with Crippen molar-refractivity contribution in [1.82, 2.24) is 10.2 Å². The molecule has 0 saturated carbocycles. The number of aliphatic hydroxyl groups is 1. The molecule has 2 unspecified atom stereocenters. The number of halogens is 1. The Labute approximate surface area is 236 Å². The van der Waals surface area contributed by atoms with E-state index in [2.05, 4.69) is 33.2 Å². The number of carboxylic acid groups (broad SMARTS) is 1. The van der Waals surface area contributed by atoms with E-state index in [-0.39, 0.29) is 23.3 Å². The Balaban J connectivity index is 1.27. The lowest BCUT2D eigenvalue weighted by molar-refractivity contribution is -0.132. The Hall–Kier alpha value is -3.90. The Morgan fingerprint density at radius 3 is 2.45 bits per heavy atom. The number of fused-ring (bicyclic) bond motifs is 1. The summed E-state index contributed by atoms with van der Waals surface area (Å²) in [5, 5.41) is 28.6. The number of hydrogen-bond acceptors (Lipinski definition) is 6. The van der Waals surface area contributed by atoms with Crippen LogP contribution in [0.1, 0.15) is 15.9 Å². The first-order chi connectivity index (χ1) is 18.2. The van der Waals surface area contributed by atoms with E-state index in [1.165, 1.54) is 0 Å². The summed E-state index contributed by atoms with van der Waals surface area (Å²) in [7, 11) is 1.88. The molecular weight excluding hydrogens is 617 g/mol. The smallest absolute Gasteiger partial charge is 0.339 e. The van der Waals surface area contributed by atoms with Crippen LogP contribution in [0.15, 0.2) is 92.4 Å². The fraction of sp³-hybridized carbons (Fsp3) is 0.107. The molecule has 1 aliphatic heterocycles. The second-order valence-corrected chi connectivity index (χ2v) is 10.8. The lowest BCUT2D eigenvalue weighted by Gasteiger charge is -2.28. The van der Waals surface area contributed by atoms with Crippen molar-refractivity contribution in [2.45, 2.75) is 6.04 Å². The molecule has 0 radical (unpaired) electrons. The largest absolute Gasteiger partial charge is 0.507 e. The quantitative estimate of drug-likeness (QED) is 0.259. The number of anilines is 1. The van der Waals surface area contributed by atoms with Crippen molar-refractivity contribution < 1.29 is 24.6 Å². The predicted octanol–water partition coefficient (Wildman–Crippen LogP) is 5.88. The lowest BCUT2D eigenvalue weighted by Crippen LogP contribution is -2.34. The van der Waals surface area contributed by atoms with Crippen molar-refractivity contribution in [3.8, 4) is 11.1 Å². The Morgan fingerprint density at radius 2 is 1.76 bits per heavy atom. The third-order valence-corrected chi connectivity index (χ3v) is 8.40. The van der Waals surface area contributed by atoms with Crippen LogP contribution < -0.4 is 10.6 Å². The van der Waals surface area contributed by atoms with Crippen molar-refractivity contribution in [2.24, 2.45) is 5.92 Å². The number of nitrogens with zero attached hydrogens (tertiary/aromatic N) is 1. The summed E-state index contributed by atoms with van der Waals surface area (Å²) in [5.41, 5.74) is 4.50. The van der Waals surface area contributed by atoms with E-state index >= 15 is 0 Å². The van der Waals surface area contributed by atoms with Crippen LogP contribution in [0.2, 0.25) is 0 Å². The topological polar surface area (TPSA) is 119 Å². The normalized spacial score (nSPS) is 18.4. The number of aliphatic carboxylic acids is 1. The van der Waals surface area contributed by atoms with E-state index in [0.717, 1.165) is 26.0 Å². The minimum absolute atomic E-state index is 0.112. The fourth-order valence-corrected chi connectivity index (χ4v) is 6.52. The van der Waals surface area contributed by atoms with Crippen LogP contribution in [0, 0.1) is 5.92 Å². The van der Waals surface area contributed by atoms with E-state index in [1.807, 2.05) is 47.0 Å². The maximum atomic E-state index is 12.7. The molecule has 0 bridgehead atoms. The van der Waals surface area contributed by atoms with Crippen LogP contribution in [-0.4, -0.2) is 46.1 Å². The summed E-state index contributed by atoms with van der Waals surface area (Å²) in [6.07, 6.45) is 3.13. The first-order valence-electron chi connectivity index (χ1n) is 11.6. The molecule has 1 aliphatic carbocycles. The van der Waals surface area contributed by atoms with Crippen LogP contribution in [0.5, 0.6) is 0 Å². The van der Waals surface area contributed by atoms with E-state index in [0.29, 0.717) is 11.3 Å². The van der Waals surface area contributed by atoms with Gasteiger partial charge in [-0.1, -0.05) is 30.3 Å². The highest BCUT2D eigenvalue weighted by molar-refractivity contribution is 14.1. The maximum Gasteiger partial charge on any atom is 0.339 e. The van der Waals surface area contributed by atoms with Gasteiger partial charge in [-0.3, -0.25) is 10.1 Å². The van der Waals surface area contributed by atoms with Crippen molar-refractivity contribution in [1.29, 1.82) is 0 Å². The summed E-state index contributed by atoms with van der Waals surface area (Å²) < 4.78 is 0.930. The lowest BCUT2D eigenvalue weighted by atomic mass is 9.91. The average molecular weight is 639 g/mol. The monoisotopic (exact) mass is 639 g/mol. The zero-order chi connectivity index (χ0) is 27.0. The number of nitrogens with one attached hydrogen (secondary N) is 2. The number of amides is 3. The SMILES string of the molecule is CN1C(c2ccc(C(=O)NC(=O)Nc3cccc(-c4ccsc4)c3)cc2)=C(I)C2C=C(C(=O)O)C(O)=CC21. The Kier molecular flexibility index (Phi) is 7.09. The van der Waals surface area contributed by atoms with Gasteiger partial charge in [0.05, 0.1) is 17.3 Å². The highest BCUT2D eigenvalue weighted by Gasteiger charge is 2.40. The summed E-state index contributed by atoms with van der Waals surface area (Å²) in [5.74, 6) is -2.17. The Morgan fingerprint density at radius 1 is 1.00 bits per heavy atom. The van der Waals surface area contributed by atoms with Gasteiger partial charge in [-0.2, -0.15) is 11.3 Å². The van der Waals surface area contributed by atoms with Crippen molar-refractivity contribution in [3.05, 3.63) is 104 Å². The summed E-state index contributed by atoms with van der Waals surface area (Å²) in [4.78, 5) is 38.6. The maximum absolute atomic E-state index is 12.7. The molecule has 1 aromatic heterocycles. The molecule has 0 saturated heterocycles. The number of carboxylic acids is 1. The molecule has 5 rings (SSSR count). The molecule has 2 heterocycles. The van der Waals surface area contributed by atoms with Gasteiger partial charge in [0.25, 0.3) is 5.91 Å². The number of imide groups is 1. The Bertz CT molecular complexity index is 1530. The molecule has 0 fully saturated rings. The number of benzene rings is 2. The van der Waals surface area contributed by atoms with Gasteiger partial charge < -0.3 is 20.4 Å². The number of urea groups is 1. The van der Waals surface area contributed by atoms with Gasteiger partial charge in [0, 0.05) is 27.8 Å². The molecule has 3 aromatic rings. The molecule has 2 aromatic carbocycles. The van der Waals surface area contributed by atoms with Crippen molar-refractivity contribution >= 4 is 63.2 Å². The number of aliphatic hydroxyl groups excluding tert-OH is 1. The second-order valence-electron chi connectivity index (χ2n) is 8.84. The van der Waals surface area contributed by atoms with Crippen LogP contribution in [0.3, 0.4) is 0 Å². The average Bonchev–Trinajstić information content (AvgIpc) is 3.51. The molecule has 8 nitrogen and oxygen atoms in total. The highest BCUT2D eigenvalue weighted by Crippen LogP contribution is 2.46. The second kappa shape index (κ2) is 10.5. The summed E-state index contributed by atoms with van der Waals surface area (Å²) in [6.45, 7) is 0. The molecule has 3 amide bonds. The minimum atomic E-state index is -1.17. The number of thiophene rings is 1. The zero-order valence-electron chi connectivity index (χ0n) is 20.0. The third-order valence-electron chi connectivity index (χ3n) is 6.49. The molecule has 2 atom stereocenters. The number of rotatable bonds is 5. The fourth-order valence-electron chi connectivity index (χ4n) is 4.61. The molecule has 4 N–H and O–H groups in total. The molecule has 38 heavy (non-hydrogen) atoms. The van der Waals surface area contributed by atoms with E-state index < -0.39 is 17.9 Å². The van der Waals surface area contributed by atoms with Gasteiger partial charge in [0.2, 0.25) is 0 Å². The summed E-state index contributed by atoms with van der Waals surface area (Å²) >= 11 is 3.79. The van der Waals surface area contributed by atoms with Gasteiger partial charge in [-0.05, 0) is 86.4 Å². The number of carbonyl (C=O) groups is 3. The third kappa shape index (κ3) is 4.96. The highest BCUT2D eigenvalue weighted by atomic mass is 127. The van der Waals surface area contributed by atoms with Crippen LogP contribution in [0.4, 0.5) is 10.5 Å². The molecule has 2 aliphatic rings. The van der Waals surface area contributed by atoms with Gasteiger partial charge in [-0.15, -0.1) is 0 Å². The number of hydrogen-bond donors (Lipinski definition) is 4. The van der Waals surface area contributed by atoms with Crippen LogP contribution in [0.25, 0.3) is 16.8 Å². The molecule has 0 spiro atoms. The van der Waals surface area contributed by atoms with E-state index in [9.17, 15) is 24.6 Å². The molecule has 10 heteroatoms. The number of carbonyl (C=O) groups excluding carboxylic acids is 2. The van der Waals surface area contributed by atoms with Gasteiger partial charge in [0.15, 0.2) is 0 Å². The van der Waals surface area contributed by atoms with Gasteiger partial charge >= 0.3 is 12.0 Å². The van der Waals surface area contributed by atoms with E-state index in [4.69, 9.17) is 0 Å². The van der Waals surface area contributed by atoms with Crippen molar-refractivity contribution in [3.63, 3.8) is 0 Å². The van der Waals surface area contributed by atoms with Gasteiger partial charge in [-0.25, -0.2) is 9.59 Å². The van der Waals surface area contributed by atoms with Crippen molar-refractivity contribution in [2.75, 3.05) is 12.4 Å². The van der Waals surface area contributed by atoms with Crippen LogP contribution >= 0.6 is 33.9 Å². The standard InChI is InChI=1S/C28H22IN3O5S/c1-32-22-13-23(33)21(27(35)36)12-20(22)24(29)25(32)15-5-7-16(8-6-15)26(34)31-28(37)30-19-4-2-3-17(11-19)18-9-10-38-14-18/h2-14,20,22,33H,1H3,(H,35,36)(H2,30,31,34,37). The molecular formula is C28H22IN3O5S. The van der Waals surface area contributed by atoms with Gasteiger partial charge in [0.1, 0.15) is 5.76 Å². The summed E-state index contributed by atoms with van der Waals surface area (Å²) in [6, 6.07) is 15.4. The molecule has 192 valence electrons.